The fourth-order valence-electron chi connectivity index (χ4n) is 4.92. The van der Waals surface area contributed by atoms with E-state index in [4.69, 9.17) is 9.72 Å². The molecule has 0 spiro atoms. The van der Waals surface area contributed by atoms with Gasteiger partial charge < -0.3 is 10.1 Å². The van der Waals surface area contributed by atoms with Crippen molar-refractivity contribution in [3.63, 3.8) is 0 Å². The lowest BCUT2D eigenvalue weighted by Crippen LogP contribution is -2.37. The Morgan fingerprint density at radius 3 is 2.62 bits per heavy atom. The standard InChI is InChI=1S/C28H31N5O/c1-20-8-3-4-9-22(20)18-23-21(2)24(19-29)28-31-25-10-5-6-11-26(25)33(28)27(23)30-12-7-13-32-14-16-34-17-15-32/h3-6,8-11,30H,7,12-18H2,1-2H3. The molecule has 34 heavy (non-hydrogen) atoms. The van der Waals surface area contributed by atoms with E-state index in [1.165, 1.54) is 11.1 Å². The molecular weight excluding hydrogens is 422 g/mol. The molecule has 0 unspecified atom stereocenters. The van der Waals surface area contributed by atoms with Gasteiger partial charge in [0.15, 0.2) is 5.65 Å². The molecule has 2 aromatic heterocycles. The molecule has 4 aromatic rings. The van der Waals surface area contributed by atoms with Crippen molar-refractivity contribution < 1.29 is 4.74 Å². The van der Waals surface area contributed by atoms with Crippen molar-refractivity contribution in [1.29, 1.82) is 5.26 Å². The van der Waals surface area contributed by atoms with Gasteiger partial charge in [0, 0.05) is 31.6 Å². The Morgan fingerprint density at radius 1 is 1.06 bits per heavy atom. The van der Waals surface area contributed by atoms with Gasteiger partial charge in [-0.05, 0) is 55.6 Å². The zero-order valence-electron chi connectivity index (χ0n) is 20.0. The molecule has 1 saturated heterocycles. The van der Waals surface area contributed by atoms with E-state index in [0.717, 1.165) is 85.9 Å². The second-order valence-corrected chi connectivity index (χ2v) is 9.04. The van der Waals surface area contributed by atoms with Crippen molar-refractivity contribution in [2.75, 3.05) is 44.7 Å². The fourth-order valence-corrected chi connectivity index (χ4v) is 4.92. The topological polar surface area (TPSA) is 65.6 Å². The highest BCUT2D eigenvalue weighted by Gasteiger charge is 2.21. The van der Waals surface area contributed by atoms with Crippen molar-refractivity contribution in [3.8, 4) is 6.07 Å². The predicted octanol–water partition coefficient (Wildman–Crippen LogP) is 4.70. The third-order valence-corrected chi connectivity index (χ3v) is 6.91. The van der Waals surface area contributed by atoms with E-state index in [9.17, 15) is 5.26 Å². The van der Waals surface area contributed by atoms with Crippen molar-refractivity contribution >= 4 is 22.5 Å². The number of fused-ring (bicyclic) bond motifs is 3. The molecule has 1 fully saturated rings. The van der Waals surface area contributed by atoms with Crippen molar-refractivity contribution in [1.82, 2.24) is 14.3 Å². The average molecular weight is 454 g/mol. The second-order valence-electron chi connectivity index (χ2n) is 9.04. The number of morpholine rings is 1. The van der Waals surface area contributed by atoms with Gasteiger partial charge in [0.2, 0.25) is 0 Å². The summed E-state index contributed by atoms with van der Waals surface area (Å²) in [7, 11) is 0. The van der Waals surface area contributed by atoms with Gasteiger partial charge in [0.1, 0.15) is 11.9 Å². The number of nitriles is 1. The van der Waals surface area contributed by atoms with Crippen LogP contribution in [0.4, 0.5) is 5.82 Å². The highest BCUT2D eigenvalue weighted by molar-refractivity contribution is 5.86. The summed E-state index contributed by atoms with van der Waals surface area (Å²) in [5.41, 5.74) is 8.00. The van der Waals surface area contributed by atoms with E-state index in [1.807, 2.05) is 18.2 Å². The highest BCUT2D eigenvalue weighted by Crippen LogP contribution is 2.33. The summed E-state index contributed by atoms with van der Waals surface area (Å²) in [5, 5.41) is 13.9. The minimum atomic E-state index is 0.652. The van der Waals surface area contributed by atoms with Crippen molar-refractivity contribution in [2.24, 2.45) is 0 Å². The number of nitrogens with zero attached hydrogens (tertiary/aromatic N) is 4. The summed E-state index contributed by atoms with van der Waals surface area (Å²) >= 11 is 0. The lowest BCUT2D eigenvalue weighted by atomic mass is 9.95. The molecule has 2 aromatic carbocycles. The van der Waals surface area contributed by atoms with Gasteiger partial charge in [0.05, 0.1) is 29.8 Å². The summed E-state index contributed by atoms with van der Waals surface area (Å²) in [4.78, 5) is 7.32. The van der Waals surface area contributed by atoms with Crippen LogP contribution in [0.3, 0.4) is 0 Å². The van der Waals surface area contributed by atoms with Crippen LogP contribution in [0.25, 0.3) is 16.7 Å². The smallest absolute Gasteiger partial charge is 0.157 e. The molecule has 0 aliphatic carbocycles. The minimum absolute atomic E-state index is 0.652. The quantitative estimate of drug-likeness (QED) is 0.411. The third kappa shape index (κ3) is 4.25. The first-order valence-corrected chi connectivity index (χ1v) is 12.1. The summed E-state index contributed by atoms with van der Waals surface area (Å²) in [6, 6.07) is 19.1. The number of hydrogen-bond acceptors (Lipinski definition) is 5. The van der Waals surface area contributed by atoms with E-state index in [1.54, 1.807) is 0 Å². The number of nitrogens with one attached hydrogen (secondary N) is 1. The Labute approximate surface area is 200 Å². The average Bonchev–Trinajstić information content (AvgIpc) is 3.24. The lowest BCUT2D eigenvalue weighted by molar-refractivity contribution is 0.0378. The number of rotatable bonds is 7. The number of imidazole rings is 1. The van der Waals surface area contributed by atoms with E-state index in [0.29, 0.717) is 5.56 Å². The molecule has 0 amide bonds. The molecule has 1 aliphatic rings. The van der Waals surface area contributed by atoms with E-state index >= 15 is 0 Å². The molecule has 3 heterocycles. The first-order chi connectivity index (χ1) is 16.7. The maximum absolute atomic E-state index is 10.1. The molecule has 174 valence electrons. The Balaban J connectivity index is 1.57. The molecule has 0 bridgehead atoms. The molecule has 0 radical (unpaired) electrons. The van der Waals surface area contributed by atoms with E-state index in [2.05, 4.69) is 64.9 Å². The zero-order valence-corrected chi connectivity index (χ0v) is 20.0. The second kappa shape index (κ2) is 9.84. The summed E-state index contributed by atoms with van der Waals surface area (Å²) in [5.74, 6) is 1.05. The van der Waals surface area contributed by atoms with Crippen molar-refractivity contribution in [3.05, 3.63) is 76.3 Å². The van der Waals surface area contributed by atoms with Gasteiger partial charge in [-0.3, -0.25) is 9.30 Å². The minimum Gasteiger partial charge on any atom is -0.379 e. The first kappa shape index (κ1) is 22.4. The molecule has 0 atom stereocenters. The van der Waals surface area contributed by atoms with Crippen LogP contribution in [0, 0.1) is 25.2 Å². The van der Waals surface area contributed by atoms with Crippen LogP contribution in [0.2, 0.25) is 0 Å². The number of aryl methyl sites for hydroxylation is 1. The molecule has 1 N–H and O–H groups in total. The first-order valence-electron chi connectivity index (χ1n) is 12.1. The summed E-state index contributed by atoms with van der Waals surface area (Å²) < 4.78 is 7.63. The van der Waals surface area contributed by atoms with Gasteiger partial charge >= 0.3 is 0 Å². The number of ether oxygens (including phenoxy) is 1. The lowest BCUT2D eigenvalue weighted by Gasteiger charge is -2.26. The van der Waals surface area contributed by atoms with Crippen LogP contribution in [-0.4, -0.2) is 53.7 Å². The largest absolute Gasteiger partial charge is 0.379 e. The van der Waals surface area contributed by atoms with E-state index < -0.39 is 0 Å². The normalized spacial score (nSPS) is 14.5. The Kier molecular flexibility index (Phi) is 6.48. The van der Waals surface area contributed by atoms with E-state index in [-0.39, 0.29) is 0 Å². The SMILES string of the molecule is Cc1ccccc1Cc1c(C)c(C#N)c2nc3ccccc3n2c1NCCCN1CCOCC1. The number of pyridine rings is 1. The molecule has 1 aliphatic heterocycles. The molecule has 0 saturated carbocycles. The third-order valence-electron chi connectivity index (χ3n) is 6.91. The van der Waals surface area contributed by atoms with Crippen LogP contribution in [0.15, 0.2) is 48.5 Å². The van der Waals surface area contributed by atoms with Crippen LogP contribution in [0.1, 0.15) is 34.2 Å². The van der Waals surface area contributed by atoms with Crippen LogP contribution < -0.4 is 5.32 Å². The summed E-state index contributed by atoms with van der Waals surface area (Å²) in [6.07, 6.45) is 1.80. The van der Waals surface area contributed by atoms with Gasteiger partial charge in [-0.25, -0.2) is 4.98 Å². The van der Waals surface area contributed by atoms with Crippen LogP contribution in [0.5, 0.6) is 0 Å². The molecule has 6 heteroatoms. The van der Waals surface area contributed by atoms with Crippen molar-refractivity contribution in [2.45, 2.75) is 26.7 Å². The maximum Gasteiger partial charge on any atom is 0.157 e. The molecule has 5 rings (SSSR count). The number of aromatic nitrogens is 2. The Hall–Kier alpha value is -3.40. The number of anilines is 1. The molecular formula is C28H31N5O. The van der Waals surface area contributed by atoms with Gasteiger partial charge in [-0.2, -0.15) is 5.26 Å². The Bertz CT molecular complexity index is 1360. The molecule has 6 nitrogen and oxygen atoms in total. The monoisotopic (exact) mass is 453 g/mol. The Morgan fingerprint density at radius 2 is 1.82 bits per heavy atom. The fraction of sp³-hybridized carbons (Fsp3) is 0.357. The number of hydrogen-bond donors (Lipinski definition) is 1. The van der Waals surface area contributed by atoms with Gasteiger partial charge in [0.25, 0.3) is 0 Å². The summed E-state index contributed by atoms with van der Waals surface area (Å²) in [6.45, 7) is 9.77. The van der Waals surface area contributed by atoms with Crippen LogP contribution in [-0.2, 0) is 11.2 Å². The predicted molar refractivity (Wildman–Crippen MR) is 137 cm³/mol. The number of para-hydroxylation sites is 2. The highest BCUT2D eigenvalue weighted by atomic mass is 16.5. The number of benzene rings is 2. The van der Waals surface area contributed by atoms with Gasteiger partial charge in [-0.1, -0.05) is 36.4 Å². The van der Waals surface area contributed by atoms with Crippen LogP contribution >= 0.6 is 0 Å². The van der Waals surface area contributed by atoms with Gasteiger partial charge in [-0.15, -0.1) is 0 Å². The maximum atomic E-state index is 10.1. The zero-order chi connectivity index (χ0) is 23.5.